The van der Waals surface area contributed by atoms with Crippen LogP contribution in [-0.2, 0) is 0 Å². The van der Waals surface area contributed by atoms with Crippen molar-refractivity contribution < 1.29 is 0 Å². The number of nitrogens with zero attached hydrogens (tertiary/aromatic N) is 1. The summed E-state index contributed by atoms with van der Waals surface area (Å²) in [6.45, 7) is 0. The smallest absolute Gasteiger partial charge is 0.170 e. The minimum absolute atomic E-state index is 0.398. The van der Waals surface area contributed by atoms with Crippen LogP contribution in [0.25, 0.3) is 0 Å². The van der Waals surface area contributed by atoms with E-state index in [4.69, 9.17) is 11.5 Å². The van der Waals surface area contributed by atoms with E-state index in [1.807, 2.05) is 0 Å². The summed E-state index contributed by atoms with van der Waals surface area (Å²) in [4.78, 5) is 0. The van der Waals surface area contributed by atoms with Crippen LogP contribution in [-0.4, -0.2) is 17.2 Å². The molecule has 0 amide bonds. The molecule has 1 rings (SSSR count). The number of rotatable bonds is 1. The van der Waals surface area contributed by atoms with Crippen LogP contribution < -0.4 is 16.8 Å². The van der Waals surface area contributed by atoms with Gasteiger partial charge in [0, 0.05) is 7.05 Å². The Morgan fingerprint density at radius 3 is 2.44 bits per heavy atom. The van der Waals surface area contributed by atoms with E-state index in [1.165, 1.54) is 0 Å². The molecule has 0 bridgehead atoms. The molecule has 0 fully saturated rings. The lowest BCUT2D eigenvalue weighted by Gasteiger charge is -1.94. The summed E-state index contributed by atoms with van der Waals surface area (Å²) in [5.41, 5.74) is 11.4. The van der Waals surface area contributed by atoms with Crippen molar-refractivity contribution in [2.24, 2.45) is 0 Å². The van der Waals surface area contributed by atoms with Crippen molar-refractivity contribution in [2.75, 3.05) is 23.8 Å². The van der Waals surface area contributed by atoms with Crippen molar-refractivity contribution in [1.82, 2.24) is 10.2 Å². The van der Waals surface area contributed by atoms with Gasteiger partial charge in [0.05, 0.1) is 0 Å². The maximum Gasteiger partial charge on any atom is 0.170 e. The highest BCUT2D eigenvalue weighted by atomic mass is 15.2. The van der Waals surface area contributed by atoms with Crippen LogP contribution in [0.5, 0.6) is 0 Å². The fourth-order valence-electron chi connectivity index (χ4n) is 0.633. The van der Waals surface area contributed by atoms with Crippen molar-refractivity contribution in [1.29, 1.82) is 0 Å². The summed E-state index contributed by atoms with van der Waals surface area (Å²) in [6, 6.07) is 0. The normalized spacial score (nSPS) is 9.44. The van der Waals surface area contributed by atoms with Crippen LogP contribution in [0.1, 0.15) is 0 Å². The average molecular weight is 127 g/mol. The Morgan fingerprint density at radius 1 is 1.56 bits per heavy atom. The van der Waals surface area contributed by atoms with Crippen LogP contribution >= 0.6 is 0 Å². The number of nitrogens with one attached hydrogen (secondary N) is 2. The molecule has 0 aliphatic carbocycles. The summed E-state index contributed by atoms with van der Waals surface area (Å²) in [6.07, 6.45) is 0. The summed E-state index contributed by atoms with van der Waals surface area (Å²) in [5.74, 6) is 0.866. The Labute approximate surface area is 52.4 Å². The van der Waals surface area contributed by atoms with E-state index in [0.29, 0.717) is 17.3 Å². The van der Waals surface area contributed by atoms with Crippen LogP contribution in [0.15, 0.2) is 0 Å². The number of aromatic nitrogens is 2. The molecule has 0 spiro atoms. The Balaban J connectivity index is 3.07. The molecule has 0 radical (unpaired) electrons. The maximum absolute atomic E-state index is 5.39. The lowest BCUT2D eigenvalue weighted by Crippen LogP contribution is -1.95. The summed E-state index contributed by atoms with van der Waals surface area (Å²) in [7, 11) is 1.73. The largest absolute Gasteiger partial charge is 0.382 e. The number of aromatic amines is 1. The fraction of sp³-hybridized carbons (Fsp3) is 0.250. The second-order valence-electron chi connectivity index (χ2n) is 1.65. The van der Waals surface area contributed by atoms with Gasteiger partial charge < -0.3 is 16.8 Å². The first kappa shape index (κ1) is 5.74. The second-order valence-corrected chi connectivity index (χ2v) is 1.65. The lowest BCUT2D eigenvalue weighted by molar-refractivity contribution is 1.11. The number of nitrogen functional groups attached to an aromatic ring is 2. The third-order valence-electron chi connectivity index (χ3n) is 1.07. The van der Waals surface area contributed by atoms with Crippen LogP contribution in [0.2, 0.25) is 0 Å². The monoisotopic (exact) mass is 127 g/mol. The van der Waals surface area contributed by atoms with Gasteiger partial charge in [-0.15, -0.1) is 0 Å². The molecule has 1 heterocycles. The molecule has 0 aromatic carbocycles. The minimum Gasteiger partial charge on any atom is -0.382 e. The molecule has 50 valence electrons. The fourth-order valence-corrected chi connectivity index (χ4v) is 0.633. The first-order valence-corrected chi connectivity index (χ1v) is 2.52. The van der Waals surface area contributed by atoms with Gasteiger partial charge in [-0.2, -0.15) is 5.10 Å². The van der Waals surface area contributed by atoms with E-state index >= 15 is 0 Å². The topological polar surface area (TPSA) is 92.7 Å². The zero-order valence-electron chi connectivity index (χ0n) is 5.10. The number of hydrogen-bond acceptors (Lipinski definition) is 4. The summed E-state index contributed by atoms with van der Waals surface area (Å²) in [5, 5.41) is 8.98. The summed E-state index contributed by atoms with van der Waals surface area (Å²) < 4.78 is 0. The SMILES string of the molecule is CNc1c(N)n[nH]c1N. The zero-order valence-corrected chi connectivity index (χ0v) is 5.10. The number of anilines is 3. The highest BCUT2D eigenvalue weighted by Crippen LogP contribution is 2.20. The van der Waals surface area contributed by atoms with E-state index in [9.17, 15) is 0 Å². The minimum atomic E-state index is 0.398. The van der Waals surface area contributed by atoms with E-state index < -0.39 is 0 Å². The van der Waals surface area contributed by atoms with E-state index in [2.05, 4.69) is 15.5 Å². The Morgan fingerprint density at radius 2 is 2.22 bits per heavy atom. The lowest BCUT2D eigenvalue weighted by atomic mass is 10.5. The van der Waals surface area contributed by atoms with Crippen molar-refractivity contribution in [3.8, 4) is 0 Å². The molecule has 1 aromatic heterocycles. The zero-order chi connectivity index (χ0) is 6.85. The van der Waals surface area contributed by atoms with E-state index in [0.717, 1.165) is 0 Å². The molecule has 0 atom stereocenters. The van der Waals surface area contributed by atoms with Crippen molar-refractivity contribution in [3.05, 3.63) is 0 Å². The van der Waals surface area contributed by atoms with Gasteiger partial charge in [-0.3, -0.25) is 5.10 Å². The molecule has 9 heavy (non-hydrogen) atoms. The van der Waals surface area contributed by atoms with Gasteiger partial charge in [0.25, 0.3) is 0 Å². The van der Waals surface area contributed by atoms with Crippen LogP contribution in [0.4, 0.5) is 17.3 Å². The van der Waals surface area contributed by atoms with Gasteiger partial charge in [-0.25, -0.2) is 0 Å². The molecular formula is C4H9N5. The maximum atomic E-state index is 5.39. The molecule has 0 saturated carbocycles. The first-order valence-electron chi connectivity index (χ1n) is 2.52. The van der Waals surface area contributed by atoms with Gasteiger partial charge in [-0.1, -0.05) is 0 Å². The molecule has 0 aliphatic heterocycles. The standard InChI is InChI=1S/C4H9N5/c1-7-2-3(5)8-9-4(2)6/h7H,1H3,(H5,5,6,8,9). The van der Waals surface area contributed by atoms with Gasteiger partial charge in [0.15, 0.2) is 5.82 Å². The van der Waals surface area contributed by atoms with E-state index in [-0.39, 0.29) is 0 Å². The molecule has 5 nitrogen and oxygen atoms in total. The van der Waals surface area contributed by atoms with Crippen molar-refractivity contribution in [2.45, 2.75) is 0 Å². The van der Waals surface area contributed by atoms with Gasteiger partial charge >= 0.3 is 0 Å². The van der Waals surface area contributed by atoms with E-state index in [1.54, 1.807) is 7.05 Å². The van der Waals surface area contributed by atoms with Gasteiger partial charge in [-0.05, 0) is 0 Å². The molecule has 0 saturated heterocycles. The molecule has 0 unspecified atom stereocenters. The second kappa shape index (κ2) is 1.85. The molecule has 0 aliphatic rings. The highest BCUT2D eigenvalue weighted by molar-refractivity contribution is 5.73. The predicted molar refractivity (Wildman–Crippen MR) is 37.0 cm³/mol. The third kappa shape index (κ3) is 0.758. The van der Waals surface area contributed by atoms with Crippen molar-refractivity contribution in [3.63, 3.8) is 0 Å². The van der Waals surface area contributed by atoms with Crippen LogP contribution in [0.3, 0.4) is 0 Å². The predicted octanol–water partition coefficient (Wildman–Crippen LogP) is -0.384. The molecule has 6 N–H and O–H groups in total. The Bertz CT molecular complexity index is 183. The molecule has 5 heteroatoms. The molecule has 1 aromatic rings. The van der Waals surface area contributed by atoms with Gasteiger partial charge in [0.2, 0.25) is 0 Å². The van der Waals surface area contributed by atoms with Gasteiger partial charge in [0.1, 0.15) is 11.5 Å². The number of hydrogen-bond donors (Lipinski definition) is 4. The average Bonchev–Trinajstić information content (AvgIpc) is 2.12. The molecular weight excluding hydrogens is 118 g/mol. The van der Waals surface area contributed by atoms with Crippen LogP contribution in [0, 0.1) is 0 Å². The number of nitrogens with two attached hydrogens (primary N) is 2. The summed E-state index contributed by atoms with van der Waals surface area (Å²) >= 11 is 0. The first-order chi connectivity index (χ1) is 4.25. The Hall–Kier alpha value is -1.39. The quantitative estimate of drug-likeness (QED) is 0.413. The Kier molecular flexibility index (Phi) is 1.18. The number of H-pyrrole nitrogens is 1. The van der Waals surface area contributed by atoms with Crippen molar-refractivity contribution >= 4 is 17.3 Å². The third-order valence-corrected chi connectivity index (χ3v) is 1.07. The highest BCUT2D eigenvalue weighted by Gasteiger charge is 2.02.